The Balaban J connectivity index is 2.09. The lowest BCUT2D eigenvalue weighted by molar-refractivity contribution is -0.123. The van der Waals surface area contributed by atoms with E-state index < -0.39 is 23.7 Å². The van der Waals surface area contributed by atoms with Crippen LogP contribution < -0.4 is 11.1 Å². The number of halogens is 1. The Morgan fingerprint density at radius 3 is 2.78 bits per heavy atom. The molecule has 0 aromatic heterocycles. The van der Waals surface area contributed by atoms with Crippen LogP contribution in [0.3, 0.4) is 0 Å². The van der Waals surface area contributed by atoms with Crippen LogP contribution in [0, 0.1) is 0 Å². The van der Waals surface area contributed by atoms with Gasteiger partial charge in [-0.1, -0.05) is 66.8 Å². The Hall–Kier alpha value is -3.97. The highest BCUT2D eigenvalue weighted by Crippen LogP contribution is 2.38. The maximum Gasteiger partial charge on any atom is 0.254 e. The van der Waals surface area contributed by atoms with E-state index in [2.05, 4.69) is 5.32 Å². The van der Waals surface area contributed by atoms with E-state index in [0.717, 1.165) is 0 Å². The third kappa shape index (κ3) is 6.83. The lowest BCUT2D eigenvalue weighted by Crippen LogP contribution is -2.53. The van der Waals surface area contributed by atoms with Crippen molar-refractivity contribution in [3.63, 3.8) is 0 Å². The van der Waals surface area contributed by atoms with Crippen molar-refractivity contribution in [3.05, 3.63) is 119 Å². The SMILES string of the molecule is C\C=C/C=C\C=C\C(=C/N)C1C(C(=O)NC2=CC=CCC=C2F)c2ccccc2C(=O)N1CCCOC. The van der Waals surface area contributed by atoms with Crippen LogP contribution >= 0.6 is 0 Å². The topological polar surface area (TPSA) is 84.7 Å². The number of carbonyl (C=O) groups is 2. The van der Waals surface area contributed by atoms with E-state index in [9.17, 15) is 14.0 Å². The Morgan fingerprint density at radius 2 is 2.03 bits per heavy atom. The van der Waals surface area contributed by atoms with Gasteiger partial charge in [-0.05, 0) is 55.3 Å². The molecule has 7 heteroatoms. The van der Waals surface area contributed by atoms with Gasteiger partial charge in [0.1, 0.15) is 5.83 Å². The van der Waals surface area contributed by atoms with Crippen LogP contribution in [0.1, 0.15) is 41.6 Å². The Kier molecular flexibility index (Phi) is 10.4. The number of nitrogens with one attached hydrogen (secondary N) is 1. The van der Waals surface area contributed by atoms with Crippen LogP contribution in [-0.4, -0.2) is 43.0 Å². The maximum atomic E-state index is 14.7. The molecular formula is C30H34FN3O3. The summed E-state index contributed by atoms with van der Waals surface area (Å²) in [6.45, 7) is 2.73. The molecule has 2 amide bonds. The van der Waals surface area contributed by atoms with Gasteiger partial charge in [0.25, 0.3) is 5.91 Å². The minimum Gasteiger partial charge on any atom is -0.404 e. The van der Waals surface area contributed by atoms with Crippen LogP contribution in [0.5, 0.6) is 0 Å². The molecule has 2 aliphatic rings. The molecule has 194 valence electrons. The first-order chi connectivity index (χ1) is 18.0. The number of fused-ring (bicyclic) bond motifs is 1. The molecule has 1 aromatic carbocycles. The molecule has 0 saturated heterocycles. The molecule has 0 radical (unpaired) electrons. The summed E-state index contributed by atoms with van der Waals surface area (Å²) in [5.41, 5.74) is 7.77. The summed E-state index contributed by atoms with van der Waals surface area (Å²) in [6.07, 6.45) is 20.0. The smallest absolute Gasteiger partial charge is 0.254 e. The third-order valence-corrected chi connectivity index (χ3v) is 6.16. The van der Waals surface area contributed by atoms with Gasteiger partial charge in [-0.2, -0.15) is 0 Å². The van der Waals surface area contributed by atoms with E-state index in [0.29, 0.717) is 42.7 Å². The second-order valence-electron chi connectivity index (χ2n) is 8.58. The molecular weight excluding hydrogens is 469 g/mol. The van der Waals surface area contributed by atoms with Gasteiger partial charge in [-0.3, -0.25) is 9.59 Å². The van der Waals surface area contributed by atoms with E-state index in [4.69, 9.17) is 10.5 Å². The molecule has 0 bridgehead atoms. The van der Waals surface area contributed by atoms with Crippen LogP contribution in [0.25, 0.3) is 0 Å². The van der Waals surface area contributed by atoms with Gasteiger partial charge in [-0.25, -0.2) is 4.39 Å². The molecule has 3 N–H and O–H groups in total. The number of hydrogen-bond acceptors (Lipinski definition) is 4. The molecule has 2 atom stereocenters. The Labute approximate surface area is 218 Å². The fourth-order valence-corrected chi connectivity index (χ4v) is 4.45. The molecule has 1 aliphatic heterocycles. The number of benzene rings is 1. The highest BCUT2D eigenvalue weighted by molar-refractivity contribution is 6.02. The Morgan fingerprint density at radius 1 is 1.24 bits per heavy atom. The van der Waals surface area contributed by atoms with E-state index in [1.54, 1.807) is 54.5 Å². The number of ether oxygens (including phenoxy) is 1. The molecule has 0 fully saturated rings. The number of allylic oxidation sites excluding steroid dienone is 10. The van der Waals surface area contributed by atoms with Crippen molar-refractivity contribution >= 4 is 11.8 Å². The van der Waals surface area contributed by atoms with Crippen LogP contribution in [0.15, 0.2) is 108 Å². The first-order valence-electron chi connectivity index (χ1n) is 12.3. The normalized spacial score (nSPS) is 20.4. The lowest BCUT2D eigenvalue weighted by Gasteiger charge is -2.42. The molecule has 2 unspecified atom stereocenters. The van der Waals surface area contributed by atoms with Crippen molar-refractivity contribution in [1.29, 1.82) is 0 Å². The van der Waals surface area contributed by atoms with Gasteiger partial charge < -0.3 is 20.7 Å². The summed E-state index contributed by atoms with van der Waals surface area (Å²) in [5, 5.41) is 2.76. The van der Waals surface area contributed by atoms with Crippen molar-refractivity contribution < 1.29 is 18.7 Å². The summed E-state index contributed by atoms with van der Waals surface area (Å²) < 4.78 is 19.9. The minimum atomic E-state index is -0.823. The number of rotatable bonds is 10. The molecule has 1 heterocycles. The highest BCUT2D eigenvalue weighted by Gasteiger charge is 2.44. The van der Waals surface area contributed by atoms with Crippen molar-refractivity contribution in [2.75, 3.05) is 20.3 Å². The monoisotopic (exact) mass is 503 g/mol. The quantitative estimate of drug-likeness (QED) is 0.349. The van der Waals surface area contributed by atoms with Gasteiger partial charge in [-0.15, -0.1) is 0 Å². The summed E-state index contributed by atoms with van der Waals surface area (Å²) >= 11 is 0. The number of hydrogen-bond donors (Lipinski definition) is 2. The zero-order valence-electron chi connectivity index (χ0n) is 21.3. The van der Waals surface area contributed by atoms with Crippen molar-refractivity contribution in [1.82, 2.24) is 10.2 Å². The van der Waals surface area contributed by atoms with Crippen LogP contribution in [-0.2, 0) is 9.53 Å². The number of amides is 2. The fraction of sp³-hybridized carbons (Fsp3) is 0.267. The minimum absolute atomic E-state index is 0.0842. The van der Waals surface area contributed by atoms with Crippen LogP contribution in [0.2, 0.25) is 0 Å². The largest absolute Gasteiger partial charge is 0.404 e. The number of nitrogens with two attached hydrogens (primary N) is 1. The van der Waals surface area contributed by atoms with Gasteiger partial charge in [0.15, 0.2) is 0 Å². The number of nitrogens with zero attached hydrogens (tertiary/aromatic N) is 1. The van der Waals surface area contributed by atoms with Gasteiger partial charge >= 0.3 is 0 Å². The molecule has 1 aromatic rings. The predicted octanol–water partition coefficient (Wildman–Crippen LogP) is 4.98. The maximum absolute atomic E-state index is 14.7. The van der Waals surface area contributed by atoms with E-state index >= 15 is 0 Å². The second kappa shape index (κ2) is 13.9. The van der Waals surface area contributed by atoms with Gasteiger partial charge in [0.2, 0.25) is 5.91 Å². The summed E-state index contributed by atoms with van der Waals surface area (Å²) in [4.78, 5) is 29.2. The van der Waals surface area contributed by atoms with Crippen LogP contribution in [0.4, 0.5) is 4.39 Å². The lowest BCUT2D eigenvalue weighted by atomic mass is 9.78. The molecule has 37 heavy (non-hydrogen) atoms. The molecule has 6 nitrogen and oxygen atoms in total. The fourth-order valence-electron chi connectivity index (χ4n) is 4.45. The first kappa shape index (κ1) is 27.6. The molecule has 0 saturated carbocycles. The third-order valence-electron chi connectivity index (χ3n) is 6.16. The second-order valence-corrected chi connectivity index (χ2v) is 8.58. The standard InChI is InChI=1S/C30H34FN3O3/c1-3-4-5-6-8-14-22(21-32)28-27(29(35)33-26-18-10-7-9-17-25(26)31)23-15-11-12-16-24(23)30(36)34(28)19-13-20-37-2/h3-8,10-12,14-18,21,27-28H,9,13,19-20,32H2,1-2H3,(H,33,35)/b4-3-,6-5-,14-8+,22-21+. The zero-order valence-corrected chi connectivity index (χ0v) is 21.3. The molecule has 0 spiro atoms. The highest BCUT2D eigenvalue weighted by atomic mass is 19.1. The summed E-state index contributed by atoms with van der Waals surface area (Å²) in [6, 6.07) is 6.34. The van der Waals surface area contributed by atoms with Gasteiger partial charge in [0, 0.05) is 25.8 Å². The molecule has 3 rings (SSSR count). The van der Waals surface area contributed by atoms with Crippen molar-refractivity contribution in [2.24, 2.45) is 5.73 Å². The Bertz CT molecular complexity index is 1190. The average Bonchev–Trinajstić information content (AvgIpc) is 3.11. The van der Waals surface area contributed by atoms with Gasteiger partial charge in [0.05, 0.1) is 17.7 Å². The number of carbonyl (C=O) groups excluding carboxylic acids is 2. The van der Waals surface area contributed by atoms with Crippen molar-refractivity contribution in [2.45, 2.75) is 31.7 Å². The molecule has 1 aliphatic carbocycles. The summed E-state index contributed by atoms with van der Waals surface area (Å²) in [7, 11) is 1.60. The zero-order chi connectivity index (χ0) is 26.6. The van der Waals surface area contributed by atoms with E-state index in [1.165, 1.54) is 18.4 Å². The number of methoxy groups -OCH3 is 1. The summed E-state index contributed by atoms with van der Waals surface area (Å²) in [5.74, 6) is -1.95. The average molecular weight is 504 g/mol. The first-order valence-corrected chi connectivity index (χ1v) is 12.3. The van der Waals surface area contributed by atoms with E-state index in [1.807, 2.05) is 37.3 Å². The van der Waals surface area contributed by atoms with Crippen molar-refractivity contribution in [3.8, 4) is 0 Å². The predicted molar refractivity (Wildman–Crippen MR) is 145 cm³/mol. The van der Waals surface area contributed by atoms with E-state index in [-0.39, 0.29) is 11.6 Å².